The number of benzene rings is 5. The van der Waals surface area contributed by atoms with Crippen molar-refractivity contribution in [1.29, 1.82) is 0 Å². The summed E-state index contributed by atoms with van der Waals surface area (Å²) in [5, 5.41) is 9.06. The zero-order chi connectivity index (χ0) is 103. The van der Waals surface area contributed by atoms with E-state index in [0.29, 0.717) is 95.0 Å². The van der Waals surface area contributed by atoms with Crippen LogP contribution in [0, 0.1) is 95.5 Å². The first kappa shape index (κ1) is 103. The number of Topliss-reactive ketones (excluding diaryl/α,β-unsaturated/α-hetero) is 5. The fourth-order valence-electron chi connectivity index (χ4n) is 21.6. The summed E-state index contributed by atoms with van der Waals surface area (Å²) < 4.78 is 10.4. The first-order valence-corrected chi connectivity index (χ1v) is 51.4. The number of halogens is 1. The number of aryl methyl sites for hydroxylation is 5. The molecule has 0 saturated carbocycles. The Morgan fingerprint density at radius 2 is 0.623 bits per heavy atom. The summed E-state index contributed by atoms with van der Waals surface area (Å²) in [7, 11) is 0. The lowest BCUT2D eigenvalue weighted by Gasteiger charge is -2.38. The number of nitrogens with zero attached hydrogens (tertiary/aromatic N) is 22. The van der Waals surface area contributed by atoms with Crippen LogP contribution in [-0.4, -0.2) is 213 Å². The van der Waals surface area contributed by atoms with Crippen LogP contribution in [0.15, 0.2) is 189 Å². The molecule has 28 heteroatoms. The van der Waals surface area contributed by atoms with Gasteiger partial charge < -0.3 is 22.8 Å². The van der Waals surface area contributed by atoms with E-state index < -0.39 is 0 Å². The van der Waals surface area contributed by atoms with Gasteiger partial charge in [0.05, 0.1) is 149 Å². The Kier molecular flexibility index (Phi) is 32.3. The van der Waals surface area contributed by atoms with Crippen LogP contribution < -0.4 is 0 Å². The van der Waals surface area contributed by atoms with E-state index in [0.717, 1.165) is 242 Å². The minimum absolute atomic E-state index is 0.0732. The Bertz CT molecular complexity index is 7710. The first-order valence-electron chi connectivity index (χ1n) is 51.0. The Hall–Kier alpha value is -14.9. The normalized spacial score (nSPS) is 15.9. The third-order valence-electron chi connectivity index (χ3n) is 29.2. The number of fused-ring (bicyclic) bond motifs is 5. The van der Waals surface area contributed by atoms with E-state index in [1.807, 2.05) is 214 Å². The van der Waals surface area contributed by atoms with Gasteiger partial charge in [-0.1, -0.05) is 92.2 Å². The molecule has 0 amide bonds. The van der Waals surface area contributed by atoms with Crippen molar-refractivity contribution >= 4 is 118 Å². The smallest absolute Gasteiger partial charge is 0.187 e. The van der Waals surface area contributed by atoms with E-state index in [4.69, 9.17) is 52.8 Å². The molecule has 0 bridgehead atoms. The molecule has 21 rings (SSSR count). The fraction of sp³-hybridized carbons (Fsp3) is 0.356. The second-order valence-electron chi connectivity index (χ2n) is 39.4. The molecule has 0 radical (unpaired) electrons. The van der Waals surface area contributed by atoms with E-state index in [9.17, 15) is 24.0 Å². The lowest BCUT2D eigenvalue weighted by molar-refractivity contribution is 0.0734. The second kappa shape index (κ2) is 46.0. The first-order chi connectivity index (χ1) is 70.7. The number of likely N-dealkylation sites (tertiary alicyclic amines) is 5. The summed E-state index contributed by atoms with van der Waals surface area (Å²) in [5.41, 5.74) is 28.6. The number of aromatic nitrogens is 13. The van der Waals surface area contributed by atoms with Gasteiger partial charge in [-0.15, -0.1) is 4.80 Å². The van der Waals surface area contributed by atoms with Crippen molar-refractivity contribution in [3.63, 3.8) is 0 Å². The van der Waals surface area contributed by atoms with Crippen LogP contribution in [0.1, 0.15) is 218 Å². The zero-order valence-electron chi connectivity index (χ0n) is 85.6. The van der Waals surface area contributed by atoms with E-state index >= 15 is 0 Å². The van der Waals surface area contributed by atoms with Gasteiger partial charge in [0.25, 0.3) is 0 Å². The number of pyridine rings is 5. The highest BCUT2D eigenvalue weighted by Crippen LogP contribution is 2.39. The SMILES string of the molecule is Cc1ccc2c(n1)c(C(=O)CN1CCCCC1)c(C)n2-c1ccc(Cl)cc1.[C-]#[N+]c1ccc(-n2c(C)c(C(=O)CN3CCCCC3)c3nc(-n4nccn4)ccc32)cc1.[C-]#[N+]c1ccc(-n2c(C)c(C(=O)CN3CCCCC3)c3nc(C)c(C)cc32)cc1.[C-]#[N+]c1ccc(-n2c(C)c(C(=O)CN3CCCCC3)c3ncc(C)cc32)cc1.[C-]#[N+]c1ccc(-n2c(C)c(C(=O)CN3[C@H](C)CCC[C@H]3C)c3ncc(C)cc32)cc1. The summed E-state index contributed by atoms with van der Waals surface area (Å²) in [4.78, 5) is 117. The molecule has 0 N–H and O–H groups in total. The third kappa shape index (κ3) is 22.3. The van der Waals surface area contributed by atoms with Crippen molar-refractivity contribution in [1.82, 2.24) is 87.2 Å². The molecular formula is C118H125ClN22O5. The minimum Gasteiger partial charge on any atom is -0.312 e. The molecule has 16 aromatic rings. The highest BCUT2D eigenvalue weighted by atomic mass is 35.5. The minimum atomic E-state index is 0.0732. The molecule has 2 atom stereocenters. The molecular weight excluding hydrogens is 1840 g/mol. The van der Waals surface area contributed by atoms with Gasteiger partial charge in [-0.2, -0.15) is 10.2 Å². The van der Waals surface area contributed by atoms with Crippen LogP contribution in [0.25, 0.3) is 109 Å². The van der Waals surface area contributed by atoms with Crippen LogP contribution in [-0.2, 0) is 0 Å². The number of hydrogen-bond acceptors (Lipinski definition) is 17. The van der Waals surface area contributed by atoms with Crippen molar-refractivity contribution < 1.29 is 24.0 Å². The summed E-state index contributed by atoms with van der Waals surface area (Å²) in [6, 6.07) is 52.6. The quantitative estimate of drug-likeness (QED) is 0.0480. The molecule has 0 spiro atoms. The molecule has 0 aliphatic carbocycles. The summed E-state index contributed by atoms with van der Waals surface area (Å²) in [6.07, 6.45) is 24.7. The molecule has 16 heterocycles. The Morgan fingerprint density at radius 1 is 0.329 bits per heavy atom. The number of hydrogen-bond donors (Lipinski definition) is 0. The topological polar surface area (TPSA) is 239 Å². The summed E-state index contributed by atoms with van der Waals surface area (Å²) >= 11 is 6.06. The van der Waals surface area contributed by atoms with Gasteiger partial charge >= 0.3 is 0 Å². The molecule has 11 aromatic heterocycles. The zero-order valence-corrected chi connectivity index (χ0v) is 86.4. The predicted octanol–water partition coefficient (Wildman–Crippen LogP) is 24.8. The van der Waals surface area contributed by atoms with Crippen molar-refractivity contribution in [2.24, 2.45) is 0 Å². The molecule has 27 nitrogen and oxygen atoms in total. The standard InChI is InChI=1S/C25H28N4O.C24H23N7O.C24H26N4O.C23H24N4O.C22H24ClN3O/c1-16-13-22-25(27-14-16)24(23(30)15-28-17(2)7-6-8-18(28)3)19(4)29(22)21-11-9-20(26-5)10-12-21;1-17-23(21(32)16-29-14-4-3-5-15-29)24-20(10-11-22(28-24)31-26-12-13-27-31)30(17)19-8-6-18(25-2)7-9-19;1-16-14-21-24(26-17(16)2)23(22(29)15-27-12-6-5-7-13-27)18(3)28(21)20-10-8-19(25-4)9-11-20;1-16-13-20-23(25-14-16)22(21(28)15-26-11-5-4-6-12-26)17(2)27(20)19-9-7-18(24-3)8-10-19;1-15-6-11-19-22(24-15)21(20(27)14-25-12-4-3-5-13-25)16(2)26(19)18-9-7-17(23)8-10-18/h9-14,17-18H,6-8,15H2,1-4H3;6-13H,3-5,14-16H2,1H3;8-11,14H,5-7,12-13,15H2,1-3H3;7-10,13-14H,4-6,11-12,15H2,1-2H3;6-11H,3-5,12-14H2,1-2H3/t17-,18-;;;;/m1..../s1. The number of rotatable bonds is 21. The lowest BCUT2D eigenvalue weighted by Crippen LogP contribution is -2.46. The fourth-order valence-corrected chi connectivity index (χ4v) is 21.7. The van der Waals surface area contributed by atoms with E-state index in [-0.39, 0.29) is 28.9 Å². The van der Waals surface area contributed by atoms with Crippen molar-refractivity contribution in [3.8, 4) is 34.3 Å². The third-order valence-corrected chi connectivity index (χ3v) is 29.5. The maximum Gasteiger partial charge on any atom is 0.187 e. The van der Waals surface area contributed by atoms with Gasteiger partial charge in [0.1, 0.15) is 5.52 Å². The molecule has 5 fully saturated rings. The highest BCUT2D eigenvalue weighted by molar-refractivity contribution is 6.30. The molecule has 5 aliphatic rings. The molecule has 744 valence electrons. The average Bonchev–Trinajstić information content (AvgIpc) is 1.65. The molecule has 5 aliphatic heterocycles. The van der Waals surface area contributed by atoms with Crippen LogP contribution >= 0.6 is 11.6 Å². The molecule has 146 heavy (non-hydrogen) atoms. The number of carbonyl (C=O) groups is 5. The number of ketones is 5. The van der Waals surface area contributed by atoms with E-state index in [2.05, 4.69) is 120 Å². The molecule has 5 saturated heterocycles. The van der Waals surface area contributed by atoms with Gasteiger partial charge in [0, 0.05) is 97.8 Å². The van der Waals surface area contributed by atoms with Crippen molar-refractivity contribution in [2.75, 3.05) is 85.1 Å². The number of carbonyl (C=O) groups excluding carboxylic acids is 5. The summed E-state index contributed by atoms with van der Waals surface area (Å²) in [5.74, 6) is 1.20. The van der Waals surface area contributed by atoms with Gasteiger partial charge in [-0.05, 0) is 332 Å². The van der Waals surface area contributed by atoms with Crippen LogP contribution in [0.4, 0.5) is 22.7 Å². The highest BCUT2D eigenvalue weighted by Gasteiger charge is 2.34. The Balaban J connectivity index is 0.000000125. The van der Waals surface area contributed by atoms with Crippen molar-refractivity contribution in [2.45, 2.75) is 191 Å². The largest absolute Gasteiger partial charge is 0.312 e. The Labute approximate surface area is 858 Å². The average molecular weight is 1970 g/mol. The van der Waals surface area contributed by atoms with Crippen molar-refractivity contribution in [3.05, 3.63) is 324 Å². The maximum atomic E-state index is 13.5. The lowest BCUT2D eigenvalue weighted by atomic mass is 9.96. The monoisotopic (exact) mass is 1960 g/mol. The number of piperidine rings is 5. The van der Waals surface area contributed by atoms with Crippen LogP contribution in [0.2, 0.25) is 5.02 Å². The molecule has 0 unspecified atom stereocenters. The van der Waals surface area contributed by atoms with Crippen LogP contribution in [0.5, 0.6) is 0 Å². The molecule has 5 aromatic carbocycles. The van der Waals surface area contributed by atoms with Gasteiger partial charge in [0.15, 0.2) is 57.5 Å². The van der Waals surface area contributed by atoms with E-state index in [1.165, 1.54) is 62.6 Å². The summed E-state index contributed by atoms with van der Waals surface area (Å²) in [6.45, 7) is 63.3. The second-order valence-corrected chi connectivity index (χ2v) is 39.9. The predicted molar refractivity (Wildman–Crippen MR) is 580 cm³/mol. The van der Waals surface area contributed by atoms with Gasteiger partial charge in [-0.3, -0.25) is 68.4 Å². The van der Waals surface area contributed by atoms with E-state index in [1.54, 1.807) is 24.5 Å². The van der Waals surface area contributed by atoms with Gasteiger partial charge in [-0.25, -0.2) is 24.4 Å². The maximum absolute atomic E-state index is 13.5. The Morgan fingerprint density at radius 3 is 0.966 bits per heavy atom. The van der Waals surface area contributed by atoms with Crippen LogP contribution in [0.3, 0.4) is 0 Å². The van der Waals surface area contributed by atoms with Gasteiger partial charge in [0.2, 0.25) is 0 Å².